The van der Waals surface area contributed by atoms with E-state index < -0.39 is 13.6 Å². The van der Waals surface area contributed by atoms with Gasteiger partial charge in [0.15, 0.2) is 0 Å². The van der Waals surface area contributed by atoms with Crippen molar-refractivity contribution in [3.63, 3.8) is 0 Å². The second-order valence-corrected chi connectivity index (χ2v) is 2.35. The Kier molecular flexibility index (Phi) is 7.00. The molecule has 5 nitrogen and oxygen atoms in total. The Bertz CT molecular complexity index is 226. The summed E-state index contributed by atoms with van der Waals surface area (Å²) in [5, 5.41) is 32.5. The fourth-order valence-corrected chi connectivity index (χ4v) is 0.625. The molecule has 0 bridgehead atoms. The largest absolute Gasteiger partial charge is 0.488 e. The van der Waals surface area contributed by atoms with Gasteiger partial charge in [0.2, 0.25) is 0 Å². The number of methoxy groups -OCH3 is 1. The Labute approximate surface area is 82.4 Å². The standard InChI is InChI=1S/C6H7BO2.C2H6O3/c8-7(9)6-4-2-1-3-5-6;1-5-2(3)4/h1-5,8-9H;2-4H,1H3. The monoisotopic (exact) mass is 200 g/mol. The van der Waals surface area contributed by atoms with Crippen molar-refractivity contribution in [1.29, 1.82) is 0 Å². The maximum absolute atomic E-state index is 8.58. The van der Waals surface area contributed by atoms with Gasteiger partial charge in [-0.15, -0.1) is 0 Å². The van der Waals surface area contributed by atoms with Crippen LogP contribution in [0.3, 0.4) is 0 Å². The Morgan fingerprint density at radius 1 is 1.14 bits per heavy atom. The third-order valence-electron chi connectivity index (χ3n) is 1.31. The highest BCUT2D eigenvalue weighted by Crippen LogP contribution is 1.82. The fraction of sp³-hybridized carbons (Fsp3) is 0.250. The van der Waals surface area contributed by atoms with Crippen molar-refractivity contribution in [2.45, 2.75) is 6.48 Å². The smallest absolute Gasteiger partial charge is 0.423 e. The van der Waals surface area contributed by atoms with Crippen LogP contribution in [0, 0.1) is 0 Å². The molecule has 0 aromatic heterocycles. The van der Waals surface area contributed by atoms with Gasteiger partial charge in [-0.1, -0.05) is 30.3 Å². The molecule has 14 heavy (non-hydrogen) atoms. The minimum Gasteiger partial charge on any atom is -0.423 e. The minimum absolute atomic E-state index is 0.525. The average molecular weight is 200 g/mol. The maximum Gasteiger partial charge on any atom is 0.488 e. The van der Waals surface area contributed by atoms with Gasteiger partial charge in [-0.25, -0.2) is 0 Å². The van der Waals surface area contributed by atoms with E-state index in [0.29, 0.717) is 5.46 Å². The van der Waals surface area contributed by atoms with Gasteiger partial charge in [0.25, 0.3) is 6.48 Å². The summed E-state index contributed by atoms with van der Waals surface area (Å²) in [5.74, 6) is 0. The Balaban J connectivity index is 0.000000292. The predicted octanol–water partition coefficient (Wildman–Crippen LogP) is -1.73. The average Bonchev–Trinajstić information content (AvgIpc) is 2.20. The zero-order valence-electron chi connectivity index (χ0n) is 7.74. The van der Waals surface area contributed by atoms with Crippen LogP contribution in [0.15, 0.2) is 30.3 Å². The zero-order chi connectivity index (χ0) is 11.0. The van der Waals surface area contributed by atoms with Crippen LogP contribution < -0.4 is 5.46 Å². The highest BCUT2D eigenvalue weighted by molar-refractivity contribution is 6.58. The topological polar surface area (TPSA) is 90.2 Å². The van der Waals surface area contributed by atoms with E-state index in [-0.39, 0.29) is 0 Å². The van der Waals surface area contributed by atoms with Crippen LogP contribution in [0.1, 0.15) is 0 Å². The van der Waals surface area contributed by atoms with E-state index in [0.717, 1.165) is 0 Å². The lowest BCUT2D eigenvalue weighted by atomic mass is 9.81. The number of ether oxygens (including phenoxy) is 1. The van der Waals surface area contributed by atoms with E-state index in [1.54, 1.807) is 24.3 Å². The van der Waals surface area contributed by atoms with Gasteiger partial charge < -0.3 is 25.0 Å². The predicted molar refractivity (Wildman–Crippen MR) is 51.5 cm³/mol. The van der Waals surface area contributed by atoms with Gasteiger partial charge in [0, 0.05) is 7.11 Å². The number of hydrogen-bond donors (Lipinski definition) is 4. The molecule has 6 heteroatoms. The molecule has 0 atom stereocenters. The molecule has 4 N–H and O–H groups in total. The summed E-state index contributed by atoms with van der Waals surface area (Å²) in [6, 6.07) is 8.66. The van der Waals surface area contributed by atoms with Gasteiger partial charge in [-0.3, -0.25) is 0 Å². The van der Waals surface area contributed by atoms with Crippen molar-refractivity contribution in [1.82, 2.24) is 0 Å². The molecule has 0 aliphatic rings. The van der Waals surface area contributed by atoms with Crippen molar-refractivity contribution < 1.29 is 25.0 Å². The molecule has 1 rings (SSSR count). The van der Waals surface area contributed by atoms with Gasteiger partial charge in [0.1, 0.15) is 0 Å². The van der Waals surface area contributed by atoms with Crippen LogP contribution in [0.25, 0.3) is 0 Å². The Morgan fingerprint density at radius 2 is 1.57 bits per heavy atom. The molecule has 0 fully saturated rings. The Morgan fingerprint density at radius 3 is 1.79 bits per heavy atom. The molecular weight excluding hydrogens is 187 g/mol. The van der Waals surface area contributed by atoms with Crippen molar-refractivity contribution in [2.24, 2.45) is 0 Å². The summed E-state index contributed by atoms with van der Waals surface area (Å²) in [5.41, 5.74) is 0.525. The van der Waals surface area contributed by atoms with E-state index in [2.05, 4.69) is 4.74 Å². The third-order valence-corrected chi connectivity index (χ3v) is 1.31. The molecule has 0 saturated heterocycles. The van der Waals surface area contributed by atoms with E-state index >= 15 is 0 Å². The minimum atomic E-state index is -1.62. The number of benzene rings is 1. The molecule has 0 amide bonds. The van der Waals surface area contributed by atoms with Gasteiger partial charge in [0.05, 0.1) is 0 Å². The second-order valence-electron chi connectivity index (χ2n) is 2.35. The van der Waals surface area contributed by atoms with Gasteiger partial charge >= 0.3 is 7.12 Å². The Hall–Kier alpha value is -0.915. The zero-order valence-corrected chi connectivity index (χ0v) is 7.74. The summed E-state index contributed by atoms with van der Waals surface area (Å²) in [6.07, 6.45) is 0. The van der Waals surface area contributed by atoms with Crippen molar-refractivity contribution in [3.05, 3.63) is 30.3 Å². The number of aliphatic hydroxyl groups excluding tert-OH is 1. The molecular formula is C8H13BO5. The quantitative estimate of drug-likeness (QED) is 0.336. The molecule has 0 aliphatic heterocycles. The van der Waals surface area contributed by atoms with Gasteiger partial charge in [-0.2, -0.15) is 0 Å². The lowest BCUT2D eigenvalue weighted by Gasteiger charge is -1.94. The van der Waals surface area contributed by atoms with E-state index in [4.69, 9.17) is 20.3 Å². The first-order chi connectivity index (χ1) is 6.57. The molecule has 0 unspecified atom stereocenters. The highest BCUT2D eigenvalue weighted by Gasteiger charge is 2.07. The molecule has 0 radical (unpaired) electrons. The molecule has 0 heterocycles. The molecule has 78 valence electrons. The number of hydrogen-bond acceptors (Lipinski definition) is 5. The molecule has 1 aromatic carbocycles. The lowest BCUT2D eigenvalue weighted by molar-refractivity contribution is -0.218. The van der Waals surface area contributed by atoms with Crippen molar-refractivity contribution in [3.8, 4) is 0 Å². The summed E-state index contributed by atoms with van der Waals surface area (Å²) in [7, 11) is -0.142. The van der Waals surface area contributed by atoms with E-state index in [1.165, 1.54) is 7.11 Å². The van der Waals surface area contributed by atoms with Gasteiger partial charge in [-0.05, 0) is 5.46 Å². The molecule has 0 saturated carbocycles. The molecule has 0 spiro atoms. The maximum atomic E-state index is 8.58. The van der Waals surface area contributed by atoms with E-state index in [9.17, 15) is 0 Å². The van der Waals surface area contributed by atoms with Crippen LogP contribution in [0.4, 0.5) is 0 Å². The molecule has 1 aromatic rings. The summed E-state index contributed by atoms with van der Waals surface area (Å²) < 4.78 is 3.86. The van der Waals surface area contributed by atoms with Crippen LogP contribution in [-0.4, -0.2) is 41.0 Å². The molecule has 0 aliphatic carbocycles. The fourth-order valence-electron chi connectivity index (χ4n) is 0.625. The summed E-state index contributed by atoms with van der Waals surface area (Å²) in [4.78, 5) is 0. The van der Waals surface area contributed by atoms with Crippen LogP contribution in [0.2, 0.25) is 0 Å². The van der Waals surface area contributed by atoms with Crippen LogP contribution in [-0.2, 0) is 4.74 Å². The van der Waals surface area contributed by atoms with Crippen molar-refractivity contribution in [2.75, 3.05) is 7.11 Å². The number of rotatable bonds is 2. The summed E-state index contributed by atoms with van der Waals surface area (Å²) >= 11 is 0. The number of aliphatic hydroxyl groups is 2. The van der Waals surface area contributed by atoms with Crippen molar-refractivity contribution >= 4 is 12.6 Å². The second kappa shape index (κ2) is 7.49. The first kappa shape index (κ1) is 13.1. The first-order valence-corrected chi connectivity index (χ1v) is 3.88. The lowest BCUT2D eigenvalue weighted by Crippen LogP contribution is -2.29. The first-order valence-electron chi connectivity index (χ1n) is 3.88. The van der Waals surface area contributed by atoms with Crippen LogP contribution in [0.5, 0.6) is 0 Å². The summed E-state index contributed by atoms with van der Waals surface area (Å²) in [6.45, 7) is -1.62. The highest BCUT2D eigenvalue weighted by atomic mass is 16.7. The van der Waals surface area contributed by atoms with Crippen LogP contribution >= 0.6 is 0 Å². The third kappa shape index (κ3) is 6.58. The SMILES string of the molecule is COC(O)O.OB(O)c1ccccc1. The van der Waals surface area contributed by atoms with E-state index in [1.807, 2.05) is 6.07 Å². The normalized spacial score (nSPS) is 9.29.